The van der Waals surface area contributed by atoms with Crippen molar-refractivity contribution >= 4 is 5.82 Å². The smallest absolute Gasteiger partial charge is 0.156 e. The van der Waals surface area contributed by atoms with Crippen molar-refractivity contribution in [3.8, 4) is 0 Å². The lowest BCUT2D eigenvalue weighted by Gasteiger charge is -2.27. The molecule has 0 radical (unpaired) electrons. The maximum atomic E-state index is 9.41. The Labute approximate surface area is 95.3 Å². The van der Waals surface area contributed by atoms with Crippen molar-refractivity contribution in [1.82, 2.24) is 10.2 Å². The molecule has 2 atom stereocenters. The Morgan fingerprint density at radius 1 is 1.62 bits per heavy atom. The zero-order valence-electron chi connectivity index (χ0n) is 9.50. The van der Waals surface area contributed by atoms with Crippen molar-refractivity contribution in [3.05, 3.63) is 17.8 Å². The van der Waals surface area contributed by atoms with Gasteiger partial charge >= 0.3 is 0 Å². The predicted octanol–water partition coefficient (Wildman–Crippen LogP) is 0.142. The van der Waals surface area contributed by atoms with E-state index in [1.165, 1.54) is 0 Å². The quantitative estimate of drug-likeness (QED) is 0.761. The molecule has 88 valence electrons. The summed E-state index contributed by atoms with van der Waals surface area (Å²) >= 11 is 0. The maximum Gasteiger partial charge on any atom is 0.156 e. The van der Waals surface area contributed by atoms with Gasteiger partial charge in [0, 0.05) is 18.7 Å². The van der Waals surface area contributed by atoms with Crippen LogP contribution in [0, 0.1) is 5.92 Å². The lowest BCUT2D eigenvalue weighted by atomic mass is 10.0. The molecule has 2 unspecified atom stereocenters. The summed E-state index contributed by atoms with van der Waals surface area (Å²) in [6, 6.07) is 2.03. The van der Waals surface area contributed by atoms with E-state index < -0.39 is 0 Å². The fourth-order valence-electron chi connectivity index (χ4n) is 2.30. The lowest BCUT2D eigenvalue weighted by Crippen LogP contribution is -2.36. The van der Waals surface area contributed by atoms with Crippen molar-refractivity contribution in [2.45, 2.75) is 25.9 Å². The maximum absolute atomic E-state index is 9.41. The molecule has 5 nitrogen and oxygen atoms in total. The average molecular weight is 222 g/mol. The summed E-state index contributed by atoms with van der Waals surface area (Å²) in [4.78, 5) is 2.12. The van der Waals surface area contributed by atoms with Crippen LogP contribution in [0.25, 0.3) is 0 Å². The lowest BCUT2D eigenvalue weighted by molar-refractivity contribution is 0.244. The van der Waals surface area contributed by atoms with Gasteiger partial charge in [0.25, 0.3) is 0 Å². The molecule has 1 fully saturated rings. The average Bonchev–Trinajstić information content (AvgIpc) is 2.70. The van der Waals surface area contributed by atoms with Crippen LogP contribution in [0.5, 0.6) is 0 Å². The summed E-state index contributed by atoms with van der Waals surface area (Å²) < 4.78 is 0. The molecule has 1 aliphatic rings. The van der Waals surface area contributed by atoms with Gasteiger partial charge < -0.3 is 15.7 Å². The first-order valence-electron chi connectivity index (χ1n) is 5.66. The highest BCUT2D eigenvalue weighted by Crippen LogP contribution is 2.29. The fraction of sp³-hybridized carbons (Fsp3) is 0.636. The summed E-state index contributed by atoms with van der Waals surface area (Å²) in [7, 11) is 0. The minimum atomic E-state index is 0.141. The molecular formula is C11H18N4O. The molecule has 0 aromatic carbocycles. The van der Waals surface area contributed by atoms with E-state index in [9.17, 15) is 5.11 Å². The topological polar surface area (TPSA) is 75.3 Å². The van der Waals surface area contributed by atoms with Crippen LogP contribution in [0.15, 0.2) is 12.3 Å². The third-order valence-corrected chi connectivity index (χ3v) is 3.34. The Bertz CT molecular complexity index is 358. The number of aromatic nitrogens is 2. The number of aliphatic hydroxyl groups excluding tert-OH is 1. The van der Waals surface area contributed by atoms with Crippen LogP contribution < -0.4 is 10.6 Å². The molecule has 0 saturated carbocycles. The SMILES string of the molecule is CC1CCN(c2nnccc2CN)C1CO. The highest BCUT2D eigenvalue weighted by molar-refractivity contribution is 5.47. The monoisotopic (exact) mass is 222 g/mol. The van der Waals surface area contributed by atoms with Crippen molar-refractivity contribution < 1.29 is 5.11 Å². The van der Waals surface area contributed by atoms with E-state index in [4.69, 9.17) is 5.73 Å². The summed E-state index contributed by atoms with van der Waals surface area (Å²) in [5.41, 5.74) is 6.67. The molecule has 2 rings (SSSR count). The molecule has 0 amide bonds. The molecule has 0 aliphatic carbocycles. The first kappa shape index (κ1) is 11.3. The predicted molar refractivity (Wildman–Crippen MR) is 61.9 cm³/mol. The van der Waals surface area contributed by atoms with Crippen LogP contribution in [0.4, 0.5) is 5.82 Å². The summed E-state index contributed by atoms with van der Waals surface area (Å²) in [5.74, 6) is 1.31. The number of hydrogen-bond donors (Lipinski definition) is 2. The van der Waals surface area contributed by atoms with Gasteiger partial charge in [0.05, 0.1) is 18.8 Å². The second kappa shape index (κ2) is 4.76. The Morgan fingerprint density at radius 2 is 2.44 bits per heavy atom. The Morgan fingerprint density at radius 3 is 3.12 bits per heavy atom. The summed E-state index contributed by atoms with van der Waals surface area (Å²) in [6.45, 7) is 3.67. The minimum Gasteiger partial charge on any atom is -0.394 e. The first-order chi connectivity index (χ1) is 7.77. The zero-order valence-corrected chi connectivity index (χ0v) is 9.50. The fourth-order valence-corrected chi connectivity index (χ4v) is 2.30. The van der Waals surface area contributed by atoms with Crippen LogP contribution in [0.3, 0.4) is 0 Å². The Balaban J connectivity index is 2.29. The normalized spacial score (nSPS) is 25.1. The zero-order chi connectivity index (χ0) is 11.5. The van der Waals surface area contributed by atoms with Gasteiger partial charge in [-0.15, -0.1) is 5.10 Å². The van der Waals surface area contributed by atoms with E-state index in [1.807, 2.05) is 6.07 Å². The third-order valence-electron chi connectivity index (χ3n) is 3.34. The van der Waals surface area contributed by atoms with Crippen molar-refractivity contribution in [2.24, 2.45) is 11.7 Å². The van der Waals surface area contributed by atoms with Crippen molar-refractivity contribution in [3.63, 3.8) is 0 Å². The second-order valence-electron chi connectivity index (χ2n) is 4.29. The Hall–Kier alpha value is -1.20. The first-order valence-corrected chi connectivity index (χ1v) is 5.66. The minimum absolute atomic E-state index is 0.141. The van der Waals surface area contributed by atoms with Gasteiger partial charge in [-0.3, -0.25) is 0 Å². The van der Waals surface area contributed by atoms with E-state index in [-0.39, 0.29) is 12.6 Å². The van der Waals surface area contributed by atoms with Crippen LogP contribution in [0.1, 0.15) is 18.9 Å². The van der Waals surface area contributed by atoms with E-state index in [0.717, 1.165) is 24.3 Å². The van der Waals surface area contributed by atoms with Gasteiger partial charge in [0.2, 0.25) is 0 Å². The van der Waals surface area contributed by atoms with Gasteiger partial charge in [-0.05, 0) is 18.4 Å². The van der Waals surface area contributed by atoms with Crippen LogP contribution in [-0.4, -0.2) is 34.5 Å². The summed E-state index contributed by atoms with van der Waals surface area (Å²) in [6.07, 6.45) is 2.73. The van der Waals surface area contributed by atoms with E-state index in [2.05, 4.69) is 22.0 Å². The highest BCUT2D eigenvalue weighted by Gasteiger charge is 2.32. The molecule has 1 aromatic heterocycles. The van der Waals surface area contributed by atoms with Crippen LogP contribution in [0.2, 0.25) is 0 Å². The molecule has 1 aliphatic heterocycles. The van der Waals surface area contributed by atoms with Gasteiger partial charge in [0.15, 0.2) is 5.82 Å². The van der Waals surface area contributed by atoms with Crippen LogP contribution in [-0.2, 0) is 6.54 Å². The molecule has 0 spiro atoms. The molecule has 5 heteroatoms. The second-order valence-corrected chi connectivity index (χ2v) is 4.29. The van der Waals surface area contributed by atoms with Gasteiger partial charge in [-0.2, -0.15) is 5.10 Å². The van der Waals surface area contributed by atoms with Crippen molar-refractivity contribution in [1.29, 1.82) is 0 Å². The molecule has 16 heavy (non-hydrogen) atoms. The molecule has 1 aromatic rings. The number of anilines is 1. The standard InChI is InChI=1S/C11H18N4O/c1-8-3-5-15(10(8)7-16)11-9(6-12)2-4-13-14-11/h2,4,8,10,16H,3,5-7,12H2,1H3. The van der Waals surface area contributed by atoms with E-state index in [0.29, 0.717) is 12.5 Å². The molecular weight excluding hydrogens is 204 g/mol. The molecule has 2 heterocycles. The van der Waals surface area contributed by atoms with Gasteiger partial charge in [-0.25, -0.2) is 0 Å². The molecule has 3 N–H and O–H groups in total. The van der Waals surface area contributed by atoms with Gasteiger partial charge in [-0.1, -0.05) is 6.92 Å². The van der Waals surface area contributed by atoms with Gasteiger partial charge in [0.1, 0.15) is 0 Å². The number of aliphatic hydroxyl groups is 1. The Kier molecular flexibility index (Phi) is 3.36. The third kappa shape index (κ3) is 1.88. The number of nitrogens with zero attached hydrogens (tertiary/aromatic N) is 3. The van der Waals surface area contributed by atoms with Crippen molar-refractivity contribution in [2.75, 3.05) is 18.1 Å². The number of hydrogen-bond acceptors (Lipinski definition) is 5. The highest BCUT2D eigenvalue weighted by atomic mass is 16.3. The molecule has 1 saturated heterocycles. The van der Waals surface area contributed by atoms with Crippen LogP contribution >= 0.6 is 0 Å². The van der Waals surface area contributed by atoms with E-state index >= 15 is 0 Å². The molecule has 0 bridgehead atoms. The summed E-state index contributed by atoms with van der Waals surface area (Å²) in [5, 5.41) is 17.5. The number of nitrogens with two attached hydrogens (primary N) is 1. The largest absolute Gasteiger partial charge is 0.394 e. The number of rotatable bonds is 3. The van der Waals surface area contributed by atoms with E-state index in [1.54, 1.807) is 6.20 Å².